The molecule has 0 N–H and O–H groups in total. The lowest BCUT2D eigenvalue weighted by atomic mass is 10.2. The third-order valence-corrected chi connectivity index (χ3v) is 1.59. The lowest BCUT2D eigenvalue weighted by molar-refractivity contribution is 0.476. The molecule has 0 atom stereocenters. The Morgan fingerprint density at radius 2 is 1.77 bits per heavy atom. The minimum absolute atomic E-state index is 0.689. The van der Waals surface area contributed by atoms with Gasteiger partial charge in [0, 0.05) is 5.56 Å². The second kappa shape index (κ2) is 4.00. The SMILES string of the molecule is Cc1ccc(C#CC(F)(Cl)Cl)cc1. The highest BCUT2D eigenvalue weighted by Crippen LogP contribution is 2.20. The zero-order valence-corrected chi connectivity index (χ0v) is 8.46. The van der Waals surface area contributed by atoms with Crippen LogP contribution in [0.3, 0.4) is 0 Å². The van der Waals surface area contributed by atoms with E-state index in [1.807, 2.05) is 19.1 Å². The fourth-order valence-electron chi connectivity index (χ4n) is 0.780. The molecule has 0 fully saturated rings. The van der Waals surface area contributed by atoms with Crippen molar-refractivity contribution in [2.75, 3.05) is 0 Å². The number of alkyl halides is 3. The lowest BCUT2D eigenvalue weighted by Crippen LogP contribution is -1.97. The molecule has 3 heteroatoms. The highest BCUT2D eigenvalue weighted by molar-refractivity contribution is 6.49. The van der Waals surface area contributed by atoms with Crippen LogP contribution in [0.2, 0.25) is 0 Å². The van der Waals surface area contributed by atoms with Gasteiger partial charge in [0.15, 0.2) is 0 Å². The number of hydrogen-bond donors (Lipinski definition) is 0. The molecule has 0 aliphatic rings. The van der Waals surface area contributed by atoms with Crippen LogP contribution in [0.5, 0.6) is 0 Å². The van der Waals surface area contributed by atoms with Crippen molar-refractivity contribution in [1.29, 1.82) is 0 Å². The first kappa shape index (κ1) is 10.4. The minimum atomic E-state index is -2.47. The largest absolute Gasteiger partial charge is 0.319 e. The van der Waals surface area contributed by atoms with Crippen molar-refractivity contribution in [2.45, 2.75) is 11.5 Å². The van der Waals surface area contributed by atoms with E-state index >= 15 is 0 Å². The summed E-state index contributed by atoms with van der Waals surface area (Å²) in [5, 5.41) is 0. The molecule has 0 amide bonds. The van der Waals surface area contributed by atoms with Crippen LogP contribution in [0, 0.1) is 18.8 Å². The van der Waals surface area contributed by atoms with Gasteiger partial charge in [-0.2, -0.15) is 4.39 Å². The molecule has 0 spiro atoms. The van der Waals surface area contributed by atoms with E-state index in [0.717, 1.165) is 5.56 Å². The molecule has 0 saturated heterocycles. The van der Waals surface area contributed by atoms with Crippen molar-refractivity contribution in [1.82, 2.24) is 0 Å². The van der Waals surface area contributed by atoms with Gasteiger partial charge in [0.25, 0.3) is 0 Å². The summed E-state index contributed by atoms with van der Waals surface area (Å²) in [6, 6.07) is 7.32. The summed E-state index contributed by atoms with van der Waals surface area (Å²) in [5.41, 5.74) is 1.81. The van der Waals surface area contributed by atoms with Gasteiger partial charge < -0.3 is 0 Å². The zero-order chi connectivity index (χ0) is 9.90. The van der Waals surface area contributed by atoms with Crippen molar-refractivity contribution in [3.05, 3.63) is 35.4 Å². The van der Waals surface area contributed by atoms with Gasteiger partial charge in [-0.15, -0.1) is 0 Å². The first-order valence-electron chi connectivity index (χ1n) is 3.64. The van der Waals surface area contributed by atoms with E-state index in [9.17, 15) is 4.39 Å². The molecule has 0 radical (unpaired) electrons. The van der Waals surface area contributed by atoms with Crippen molar-refractivity contribution in [2.24, 2.45) is 0 Å². The Morgan fingerprint density at radius 3 is 2.23 bits per heavy atom. The average Bonchev–Trinajstić information content (AvgIpc) is 2.02. The van der Waals surface area contributed by atoms with Crippen LogP contribution in [0.4, 0.5) is 4.39 Å². The molecule has 1 aromatic carbocycles. The highest BCUT2D eigenvalue weighted by Gasteiger charge is 2.16. The molecule has 1 rings (SSSR count). The molecule has 0 aromatic heterocycles. The molecule has 1 aromatic rings. The summed E-state index contributed by atoms with van der Waals surface area (Å²) < 4.78 is 10.0. The average molecular weight is 217 g/mol. The maximum atomic E-state index is 12.5. The Kier molecular flexibility index (Phi) is 3.19. The lowest BCUT2D eigenvalue weighted by Gasteiger charge is -1.96. The molecule has 0 aliphatic carbocycles. The van der Waals surface area contributed by atoms with E-state index < -0.39 is 4.59 Å². The third-order valence-electron chi connectivity index (χ3n) is 1.40. The molecule has 0 heterocycles. The van der Waals surface area contributed by atoms with Crippen LogP contribution < -0.4 is 0 Å². The number of hydrogen-bond acceptors (Lipinski definition) is 0. The minimum Gasteiger partial charge on any atom is -0.193 e. The van der Waals surface area contributed by atoms with E-state index in [0.29, 0.717) is 5.56 Å². The maximum absolute atomic E-state index is 12.5. The maximum Gasteiger partial charge on any atom is 0.319 e. The molecule has 0 aliphatic heterocycles. The Balaban J connectivity index is 2.85. The molecular weight excluding hydrogens is 210 g/mol. The van der Waals surface area contributed by atoms with E-state index in [-0.39, 0.29) is 0 Å². The quantitative estimate of drug-likeness (QED) is 0.461. The smallest absolute Gasteiger partial charge is 0.193 e. The monoisotopic (exact) mass is 216 g/mol. The second-order valence-corrected chi connectivity index (χ2v) is 3.85. The van der Waals surface area contributed by atoms with Gasteiger partial charge in [-0.1, -0.05) is 46.8 Å². The first-order chi connectivity index (χ1) is 5.97. The standard InChI is InChI=1S/C10H7Cl2F/c1-8-2-4-9(5-3-8)6-7-10(11,12)13/h2-5H,1H3. The van der Waals surface area contributed by atoms with Gasteiger partial charge in [0.05, 0.1) is 0 Å². The molecule has 0 nitrogen and oxygen atoms in total. The molecule has 0 saturated carbocycles. The summed E-state index contributed by atoms with van der Waals surface area (Å²) in [4.78, 5) is 0. The fraction of sp³-hybridized carbons (Fsp3) is 0.200. The highest BCUT2D eigenvalue weighted by atomic mass is 35.5. The van der Waals surface area contributed by atoms with E-state index in [1.54, 1.807) is 12.1 Å². The first-order valence-corrected chi connectivity index (χ1v) is 4.39. The van der Waals surface area contributed by atoms with E-state index in [2.05, 4.69) is 11.8 Å². The summed E-state index contributed by atoms with van der Waals surface area (Å²) >= 11 is 10.1. The molecule has 0 bridgehead atoms. The third kappa shape index (κ3) is 4.17. The number of halogens is 3. The Hall–Kier alpha value is -0.710. The Morgan fingerprint density at radius 1 is 1.23 bits per heavy atom. The Bertz CT molecular complexity index is 338. The number of rotatable bonds is 0. The summed E-state index contributed by atoms with van der Waals surface area (Å²) in [7, 11) is 0. The van der Waals surface area contributed by atoms with Gasteiger partial charge in [-0.3, -0.25) is 0 Å². The zero-order valence-electron chi connectivity index (χ0n) is 6.94. The van der Waals surface area contributed by atoms with Gasteiger partial charge >= 0.3 is 4.59 Å². The molecule has 13 heavy (non-hydrogen) atoms. The molecule has 0 unspecified atom stereocenters. The predicted octanol–water partition coefficient (Wildman–Crippen LogP) is 3.45. The van der Waals surface area contributed by atoms with Crippen LogP contribution >= 0.6 is 23.2 Å². The van der Waals surface area contributed by atoms with Crippen LogP contribution in [-0.4, -0.2) is 4.59 Å². The van der Waals surface area contributed by atoms with Crippen LogP contribution in [0.15, 0.2) is 24.3 Å². The topological polar surface area (TPSA) is 0 Å². The normalized spacial score (nSPS) is 10.5. The molecule has 68 valence electrons. The van der Waals surface area contributed by atoms with Crippen molar-refractivity contribution in [3.8, 4) is 11.8 Å². The van der Waals surface area contributed by atoms with E-state index in [1.165, 1.54) is 0 Å². The van der Waals surface area contributed by atoms with Crippen molar-refractivity contribution >= 4 is 23.2 Å². The number of benzene rings is 1. The van der Waals surface area contributed by atoms with Gasteiger partial charge in [0.1, 0.15) is 0 Å². The summed E-state index contributed by atoms with van der Waals surface area (Å²) in [5.74, 6) is 4.59. The van der Waals surface area contributed by atoms with Crippen LogP contribution in [0.1, 0.15) is 11.1 Å². The van der Waals surface area contributed by atoms with Gasteiger partial charge in [-0.05, 0) is 25.0 Å². The molecular formula is C10H7Cl2F. The number of aryl methyl sites for hydroxylation is 1. The van der Waals surface area contributed by atoms with Gasteiger partial charge in [0.2, 0.25) is 0 Å². The van der Waals surface area contributed by atoms with Crippen LogP contribution in [-0.2, 0) is 0 Å². The Labute approximate surface area is 86.7 Å². The van der Waals surface area contributed by atoms with Gasteiger partial charge in [-0.25, -0.2) is 0 Å². The van der Waals surface area contributed by atoms with E-state index in [4.69, 9.17) is 23.2 Å². The summed E-state index contributed by atoms with van der Waals surface area (Å²) in [6.45, 7) is 1.96. The van der Waals surface area contributed by atoms with Crippen molar-refractivity contribution < 1.29 is 4.39 Å². The second-order valence-electron chi connectivity index (χ2n) is 2.61. The van der Waals surface area contributed by atoms with Crippen molar-refractivity contribution in [3.63, 3.8) is 0 Å². The summed E-state index contributed by atoms with van der Waals surface area (Å²) in [6.07, 6.45) is 0. The predicted molar refractivity (Wildman–Crippen MR) is 53.6 cm³/mol. The fourth-order valence-corrected chi connectivity index (χ4v) is 0.874. The van der Waals surface area contributed by atoms with Crippen LogP contribution in [0.25, 0.3) is 0 Å².